The van der Waals surface area contributed by atoms with Crippen LogP contribution in [0, 0.1) is 0 Å². The lowest BCUT2D eigenvalue weighted by Gasteiger charge is -2.38. The van der Waals surface area contributed by atoms with E-state index in [4.69, 9.17) is 10.5 Å². The maximum Gasteiger partial charge on any atom is 0.246 e. The lowest BCUT2D eigenvalue weighted by atomic mass is 9.96. The third-order valence-electron chi connectivity index (χ3n) is 4.07. The molecule has 1 aromatic carbocycles. The predicted octanol–water partition coefficient (Wildman–Crippen LogP) is 1.95. The molecule has 0 spiro atoms. The van der Waals surface area contributed by atoms with Crippen molar-refractivity contribution in [2.75, 3.05) is 11.4 Å². The minimum Gasteiger partial charge on any atom is -0.482 e. The Hall–Kier alpha value is -2.82. The van der Waals surface area contributed by atoms with E-state index in [1.807, 2.05) is 42.7 Å². The monoisotopic (exact) mass is 293 g/mol. The van der Waals surface area contributed by atoms with E-state index in [0.717, 1.165) is 22.6 Å². The average molecular weight is 293 g/mol. The zero-order chi connectivity index (χ0) is 15.1. The van der Waals surface area contributed by atoms with Gasteiger partial charge in [-0.2, -0.15) is 0 Å². The van der Waals surface area contributed by atoms with Crippen LogP contribution in [0.1, 0.15) is 17.2 Å². The van der Waals surface area contributed by atoms with Crippen molar-refractivity contribution < 1.29 is 9.53 Å². The van der Waals surface area contributed by atoms with Crippen LogP contribution in [-0.4, -0.2) is 17.4 Å². The van der Waals surface area contributed by atoms with E-state index in [9.17, 15) is 4.79 Å². The van der Waals surface area contributed by atoms with E-state index >= 15 is 0 Å². The van der Waals surface area contributed by atoms with Gasteiger partial charge in [0.2, 0.25) is 5.91 Å². The summed E-state index contributed by atoms with van der Waals surface area (Å²) >= 11 is 0. The zero-order valence-corrected chi connectivity index (χ0v) is 11.9. The summed E-state index contributed by atoms with van der Waals surface area (Å²) in [5, 5.41) is 0. The number of hydrogen-bond acceptors (Lipinski definition) is 4. The zero-order valence-electron chi connectivity index (χ0n) is 11.9. The number of para-hydroxylation sites is 1. The molecule has 1 amide bonds. The standard InChI is InChI=1S/C17H15N3O2/c18-17(21)13-7-11-3-1-5-14-16(11)20(9-13)10-15(22-14)12-4-2-6-19-8-12/h1-6,8-9,15H,7,10H2,(H2,18,21)/t15-/m1/s1. The molecule has 2 aromatic rings. The van der Waals surface area contributed by atoms with E-state index in [2.05, 4.69) is 9.88 Å². The van der Waals surface area contributed by atoms with Crippen molar-refractivity contribution in [3.63, 3.8) is 0 Å². The highest BCUT2D eigenvalue weighted by Gasteiger charge is 2.31. The number of amides is 1. The number of aromatic nitrogens is 1. The summed E-state index contributed by atoms with van der Waals surface area (Å²) in [4.78, 5) is 17.8. The fourth-order valence-electron chi connectivity index (χ4n) is 3.04. The first-order valence-electron chi connectivity index (χ1n) is 7.18. The van der Waals surface area contributed by atoms with Crippen LogP contribution in [-0.2, 0) is 11.2 Å². The SMILES string of the molecule is NC(=O)C1=CN2C[C@H](c3cccnc3)Oc3cccc(c32)C1. The number of carbonyl (C=O) groups excluding carboxylic acids is 1. The normalized spacial score (nSPS) is 19.0. The Balaban J connectivity index is 1.78. The average Bonchev–Trinajstić information content (AvgIpc) is 2.55. The third-order valence-corrected chi connectivity index (χ3v) is 4.07. The molecule has 110 valence electrons. The summed E-state index contributed by atoms with van der Waals surface area (Å²) in [5.41, 5.74) is 9.20. The van der Waals surface area contributed by atoms with Gasteiger partial charge in [0.15, 0.2) is 0 Å². The Kier molecular flexibility index (Phi) is 2.85. The molecular weight excluding hydrogens is 278 g/mol. The van der Waals surface area contributed by atoms with Gasteiger partial charge in [-0.1, -0.05) is 18.2 Å². The summed E-state index contributed by atoms with van der Waals surface area (Å²) in [6.07, 6.45) is 5.82. The molecule has 2 aliphatic heterocycles. The van der Waals surface area contributed by atoms with E-state index in [0.29, 0.717) is 18.5 Å². The summed E-state index contributed by atoms with van der Waals surface area (Å²) < 4.78 is 6.13. The van der Waals surface area contributed by atoms with Gasteiger partial charge in [-0.25, -0.2) is 0 Å². The Morgan fingerprint density at radius 3 is 3.00 bits per heavy atom. The Labute approximate surface area is 128 Å². The number of rotatable bonds is 2. The van der Waals surface area contributed by atoms with Crippen LogP contribution in [0.3, 0.4) is 0 Å². The predicted molar refractivity (Wildman–Crippen MR) is 82.4 cm³/mol. The van der Waals surface area contributed by atoms with Crippen molar-refractivity contribution in [2.24, 2.45) is 5.73 Å². The van der Waals surface area contributed by atoms with Crippen LogP contribution in [0.2, 0.25) is 0 Å². The first-order chi connectivity index (χ1) is 10.7. The molecule has 0 bridgehead atoms. The molecule has 0 fully saturated rings. The third kappa shape index (κ3) is 2.02. The maximum absolute atomic E-state index is 11.6. The van der Waals surface area contributed by atoms with Crippen molar-refractivity contribution in [2.45, 2.75) is 12.5 Å². The van der Waals surface area contributed by atoms with Gasteiger partial charge >= 0.3 is 0 Å². The van der Waals surface area contributed by atoms with Crippen LogP contribution < -0.4 is 15.4 Å². The maximum atomic E-state index is 11.6. The van der Waals surface area contributed by atoms with Crippen LogP contribution >= 0.6 is 0 Å². The number of benzene rings is 1. The molecule has 0 aliphatic carbocycles. The van der Waals surface area contributed by atoms with E-state index in [1.54, 1.807) is 6.20 Å². The highest BCUT2D eigenvalue weighted by molar-refractivity contribution is 5.94. The molecule has 2 aliphatic rings. The quantitative estimate of drug-likeness (QED) is 0.919. The smallest absolute Gasteiger partial charge is 0.246 e. The second-order valence-electron chi connectivity index (χ2n) is 5.50. The molecule has 4 rings (SSSR count). The van der Waals surface area contributed by atoms with Gasteiger partial charge in [0.1, 0.15) is 11.9 Å². The molecule has 1 aromatic heterocycles. The number of primary amides is 1. The molecule has 2 N–H and O–H groups in total. The summed E-state index contributed by atoms with van der Waals surface area (Å²) in [6.45, 7) is 0.631. The van der Waals surface area contributed by atoms with Gasteiger partial charge < -0.3 is 15.4 Å². The number of carbonyl (C=O) groups is 1. The largest absolute Gasteiger partial charge is 0.482 e. The van der Waals surface area contributed by atoms with Gasteiger partial charge in [-0.05, 0) is 17.7 Å². The first-order valence-corrected chi connectivity index (χ1v) is 7.18. The molecule has 0 saturated carbocycles. The van der Waals surface area contributed by atoms with E-state index < -0.39 is 0 Å². The molecule has 0 unspecified atom stereocenters. The van der Waals surface area contributed by atoms with Crippen LogP contribution in [0.5, 0.6) is 5.75 Å². The van der Waals surface area contributed by atoms with Gasteiger partial charge in [-0.15, -0.1) is 0 Å². The number of pyridine rings is 1. The molecule has 5 nitrogen and oxygen atoms in total. The number of hydrogen-bond donors (Lipinski definition) is 1. The van der Waals surface area contributed by atoms with Crippen molar-refractivity contribution >= 4 is 11.6 Å². The van der Waals surface area contributed by atoms with Crippen LogP contribution in [0.4, 0.5) is 5.69 Å². The van der Waals surface area contributed by atoms with Crippen molar-refractivity contribution in [3.8, 4) is 5.75 Å². The molecule has 22 heavy (non-hydrogen) atoms. The fraction of sp³-hybridized carbons (Fsp3) is 0.176. The van der Waals surface area contributed by atoms with Gasteiger partial charge in [0, 0.05) is 36.2 Å². The second kappa shape index (κ2) is 4.87. The summed E-state index contributed by atoms with van der Waals surface area (Å²) in [5.74, 6) is 0.456. The van der Waals surface area contributed by atoms with Crippen LogP contribution in [0.25, 0.3) is 0 Å². The van der Waals surface area contributed by atoms with Gasteiger partial charge in [-0.3, -0.25) is 9.78 Å². The van der Waals surface area contributed by atoms with Crippen molar-refractivity contribution in [1.82, 2.24) is 4.98 Å². The molecular formula is C17H15N3O2. The highest BCUT2D eigenvalue weighted by atomic mass is 16.5. The lowest BCUT2D eigenvalue weighted by molar-refractivity contribution is -0.114. The number of anilines is 1. The van der Waals surface area contributed by atoms with Crippen molar-refractivity contribution in [1.29, 1.82) is 0 Å². The number of ether oxygens (including phenoxy) is 1. The molecule has 1 atom stereocenters. The van der Waals surface area contributed by atoms with Crippen LogP contribution in [0.15, 0.2) is 54.5 Å². The Morgan fingerprint density at radius 1 is 1.32 bits per heavy atom. The molecule has 3 heterocycles. The first kappa shape index (κ1) is 12.9. The molecule has 0 radical (unpaired) electrons. The number of nitrogens with two attached hydrogens (primary N) is 1. The summed E-state index contributed by atoms with van der Waals surface area (Å²) in [6, 6.07) is 9.80. The van der Waals surface area contributed by atoms with Crippen molar-refractivity contribution in [3.05, 3.63) is 65.6 Å². The minimum absolute atomic E-state index is 0.125. The topological polar surface area (TPSA) is 68.5 Å². The highest BCUT2D eigenvalue weighted by Crippen LogP contribution is 2.43. The lowest BCUT2D eigenvalue weighted by Crippen LogP contribution is -2.36. The molecule has 0 saturated heterocycles. The minimum atomic E-state index is -0.375. The summed E-state index contributed by atoms with van der Waals surface area (Å²) in [7, 11) is 0. The van der Waals surface area contributed by atoms with Gasteiger partial charge in [0.25, 0.3) is 0 Å². The Bertz CT molecular complexity index is 771. The van der Waals surface area contributed by atoms with E-state index in [1.165, 1.54) is 0 Å². The van der Waals surface area contributed by atoms with Gasteiger partial charge in [0.05, 0.1) is 12.2 Å². The number of nitrogens with zero attached hydrogens (tertiary/aromatic N) is 2. The molecule has 5 heteroatoms. The fourth-order valence-corrected chi connectivity index (χ4v) is 3.04. The van der Waals surface area contributed by atoms with E-state index in [-0.39, 0.29) is 12.0 Å². The second-order valence-corrected chi connectivity index (χ2v) is 5.50. The Morgan fingerprint density at radius 2 is 2.23 bits per heavy atom.